The molecular weight excluding hydrogens is 552 g/mol. The average molecular weight is 601 g/mol. The Labute approximate surface area is 262 Å². The molecule has 0 radical (unpaired) electrons. The summed E-state index contributed by atoms with van der Waals surface area (Å²) in [5, 5.41) is 0. The molecule has 236 valence electrons. The molecule has 4 aliphatic rings. The fraction of sp³-hybridized carbons (Fsp3) is 0.528. The summed E-state index contributed by atoms with van der Waals surface area (Å²) >= 11 is 0. The van der Waals surface area contributed by atoms with Gasteiger partial charge in [0.2, 0.25) is 0 Å². The first kappa shape index (κ1) is 32.1. The van der Waals surface area contributed by atoms with Gasteiger partial charge in [0.25, 0.3) is 0 Å². The second kappa shape index (κ2) is 14.6. The van der Waals surface area contributed by atoms with Gasteiger partial charge in [0.05, 0.1) is 25.5 Å². The normalized spacial score (nSPS) is 26.4. The number of rotatable bonds is 8. The van der Waals surface area contributed by atoms with E-state index in [2.05, 4.69) is 72.5 Å². The second-order valence-corrected chi connectivity index (χ2v) is 12.4. The van der Waals surface area contributed by atoms with Gasteiger partial charge in [-0.05, 0) is 88.8 Å². The number of aromatic nitrogens is 1. The van der Waals surface area contributed by atoms with Gasteiger partial charge in [-0.1, -0.05) is 24.8 Å². The molecule has 0 N–H and O–H groups in total. The van der Waals surface area contributed by atoms with Crippen LogP contribution in [0.3, 0.4) is 0 Å². The van der Waals surface area contributed by atoms with E-state index in [-0.39, 0.29) is 17.7 Å². The summed E-state index contributed by atoms with van der Waals surface area (Å²) in [6, 6.07) is 4.78. The third kappa shape index (κ3) is 7.31. The molecule has 1 atom stereocenters. The number of carbonyl (C=O) groups is 1. The van der Waals surface area contributed by atoms with Crippen molar-refractivity contribution in [3.05, 3.63) is 82.9 Å². The van der Waals surface area contributed by atoms with E-state index in [0.717, 1.165) is 91.1 Å². The van der Waals surface area contributed by atoms with Gasteiger partial charge in [-0.25, -0.2) is 4.79 Å². The van der Waals surface area contributed by atoms with E-state index >= 15 is 0 Å². The number of ether oxygens (including phenoxy) is 3. The minimum absolute atomic E-state index is 0.102. The fourth-order valence-corrected chi connectivity index (χ4v) is 6.41. The van der Waals surface area contributed by atoms with Crippen LogP contribution in [0.4, 0.5) is 0 Å². The van der Waals surface area contributed by atoms with Crippen LogP contribution in [0, 0.1) is 0 Å². The van der Waals surface area contributed by atoms with Crippen LogP contribution in [0.25, 0.3) is 5.57 Å². The molecule has 44 heavy (non-hydrogen) atoms. The highest BCUT2D eigenvalue weighted by molar-refractivity contribution is 5.88. The third-order valence-electron chi connectivity index (χ3n) is 9.23. The Morgan fingerprint density at radius 3 is 2.73 bits per heavy atom. The molecule has 5 heterocycles. The highest BCUT2D eigenvalue weighted by Gasteiger charge is 2.38. The van der Waals surface area contributed by atoms with Crippen molar-refractivity contribution in [2.45, 2.75) is 70.6 Å². The van der Waals surface area contributed by atoms with Crippen LogP contribution < -0.4 is 0 Å². The fourth-order valence-electron chi connectivity index (χ4n) is 6.41. The number of pyridine rings is 1. The minimum atomic E-state index is -0.340. The number of allylic oxidation sites excluding steroid dienone is 5. The molecule has 0 saturated carbocycles. The summed E-state index contributed by atoms with van der Waals surface area (Å²) in [7, 11) is 1.82. The zero-order chi connectivity index (χ0) is 31.1. The number of nitrogens with zero attached hydrogens (tertiary/aromatic N) is 4. The predicted octanol–water partition coefficient (Wildman–Crippen LogP) is 5.64. The number of esters is 1. The van der Waals surface area contributed by atoms with Gasteiger partial charge in [0.15, 0.2) is 0 Å². The van der Waals surface area contributed by atoms with Crippen molar-refractivity contribution >= 4 is 17.8 Å². The molecule has 5 rings (SSSR count). The average Bonchev–Trinajstić information content (AvgIpc) is 3.18. The maximum atomic E-state index is 12.6. The van der Waals surface area contributed by atoms with Gasteiger partial charge in [-0.3, -0.25) is 14.9 Å². The van der Waals surface area contributed by atoms with Gasteiger partial charge in [-0.15, -0.1) is 0 Å². The summed E-state index contributed by atoms with van der Waals surface area (Å²) in [4.78, 5) is 27.0. The number of methoxy groups -OCH3 is 1. The van der Waals surface area contributed by atoms with Crippen LogP contribution in [0.2, 0.25) is 0 Å². The van der Waals surface area contributed by atoms with Gasteiger partial charge in [-0.2, -0.15) is 0 Å². The van der Waals surface area contributed by atoms with E-state index in [1.807, 2.05) is 25.6 Å². The molecule has 2 saturated heterocycles. The van der Waals surface area contributed by atoms with Crippen molar-refractivity contribution in [2.75, 3.05) is 53.0 Å². The van der Waals surface area contributed by atoms with E-state index in [0.29, 0.717) is 32.2 Å². The molecule has 1 aromatic heterocycles. The van der Waals surface area contributed by atoms with Crippen LogP contribution >= 0.6 is 0 Å². The Kier molecular flexibility index (Phi) is 10.7. The van der Waals surface area contributed by atoms with Crippen LogP contribution in [0.1, 0.15) is 64.1 Å². The molecule has 0 aromatic carbocycles. The minimum Gasteiger partial charge on any atom is -0.454 e. The SMILES string of the molecule is C=C1CN=CC=C(N2CC/C=C(\C(=O)OC3COC3)CCC2)/C1=C/C(=C\C)c1ccc([C@]2(OC)CCCN(C(C)C)C2)cn1. The molecular formula is C36H48N4O4. The smallest absolute Gasteiger partial charge is 0.334 e. The molecule has 1 aromatic rings. The number of piperidine rings is 1. The Balaban J connectivity index is 1.34. The van der Waals surface area contributed by atoms with E-state index in [1.165, 1.54) is 0 Å². The van der Waals surface area contributed by atoms with E-state index in [1.54, 1.807) is 0 Å². The maximum Gasteiger partial charge on any atom is 0.334 e. The molecule has 0 bridgehead atoms. The first-order valence-electron chi connectivity index (χ1n) is 16.1. The van der Waals surface area contributed by atoms with Gasteiger partial charge >= 0.3 is 5.97 Å². The molecule has 0 amide bonds. The van der Waals surface area contributed by atoms with Crippen molar-refractivity contribution in [1.82, 2.24) is 14.8 Å². The van der Waals surface area contributed by atoms with Gasteiger partial charge in [0, 0.05) is 67.6 Å². The van der Waals surface area contributed by atoms with Crippen molar-refractivity contribution < 1.29 is 19.0 Å². The second-order valence-electron chi connectivity index (χ2n) is 12.4. The lowest BCUT2D eigenvalue weighted by Crippen LogP contribution is -2.49. The van der Waals surface area contributed by atoms with Crippen LogP contribution in [-0.2, 0) is 24.6 Å². The lowest BCUT2D eigenvalue weighted by atomic mass is 9.85. The Morgan fingerprint density at radius 1 is 1.20 bits per heavy atom. The quantitative estimate of drug-likeness (QED) is 0.358. The summed E-state index contributed by atoms with van der Waals surface area (Å²) in [6.07, 6.45) is 16.6. The third-order valence-corrected chi connectivity index (χ3v) is 9.23. The Bertz CT molecular complexity index is 1350. The molecule has 2 fully saturated rings. The number of aliphatic imine (C=N–C) groups is 1. The van der Waals surface area contributed by atoms with E-state index < -0.39 is 0 Å². The van der Waals surface area contributed by atoms with Crippen molar-refractivity contribution in [3.63, 3.8) is 0 Å². The lowest BCUT2D eigenvalue weighted by molar-refractivity contribution is -0.167. The van der Waals surface area contributed by atoms with Crippen LogP contribution in [0.5, 0.6) is 0 Å². The van der Waals surface area contributed by atoms with Crippen LogP contribution in [-0.4, -0.2) is 92.2 Å². The molecule has 0 unspecified atom stereocenters. The van der Waals surface area contributed by atoms with E-state index in [4.69, 9.17) is 19.2 Å². The predicted molar refractivity (Wildman–Crippen MR) is 175 cm³/mol. The maximum absolute atomic E-state index is 12.6. The largest absolute Gasteiger partial charge is 0.454 e. The number of carbonyl (C=O) groups excluding carboxylic acids is 1. The molecule has 8 nitrogen and oxygen atoms in total. The van der Waals surface area contributed by atoms with Crippen molar-refractivity contribution in [2.24, 2.45) is 4.99 Å². The van der Waals surface area contributed by atoms with Gasteiger partial charge < -0.3 is 19.1 Å². The van der Waals surface area contributed by atoms with Gasteiger partial charge in [0.1, 0.15) is 11.7 Å². The van der Waals surface area contributed by atoms with E-state index in [9.17, 15) is 4.79 Å². The molecule has 8 heteroatoms. The first-order chi connectivity index (χ1) is 21.3. The van der Waals surface area contributed by atoms with Crippen molar-refractivity contribution in [3.8, 4) is 0 Å². The number of hydrogen-bond donors (Lipinski definition) is 0. The Hall–Kier alpha value is -3.33. The number of hydrogen-bond acceptors (Lipinski definition) is 8. The lowest BCUT2D eigenvalue weighted by Gasteiger charge is -2.43. The summed E-state index contributed by atoms with van der Waals surface area (Å²) in [5.74, 6) is -0.199. The monoisotopic (exact) mass is 600 g/mol. The molecule has 0 spiro atoms. The van der Waals surface area contributed by atoms with Crippen LogP contribution in [0.15, 0.2) is 76.6 Å². The highest BCUT2D eigenvalue weighted by atomic mass is 16.6. The number of likely N-dealkylation sites (tertiary alicyclic amines) is 1. The summed E-state index contributed by atoms with van der Waals surface area (Å²) in [6.45, 7) is 16.1. The highest BCUT2D eigenvalue weighted by Crippen LogP contribution is 2.36. The molecule has 4 aliphatic heterocycles. The summed E-state index contributed by atoms with van der Waals surface area (Å²) in [5.41, 5.74) is 6.67. The zero-order valence-corrected chi connectivity index (χ0v) is 26.9. The zero-order valence-electron chi connectivity index (χ0n) is 26.9. The standard InChI is InChI=1S/C36H48N4O4/c1-6-28(33-13-12-30(22-38-33)36(42-5)15-9-19-40(25-36)26(2)3)20-32-27(4)21-37-16-14-34(32)39-17-7-10-29(11-8-18-39)35(41)44-31-23-43-24-31/h6,10,12-14,16,20,22,26,31H,4,7-9,11,15,17-19,21,23-25H2,1-3,5H3/b28-6+,29-10-,32-20+/t36-/m0/s1. The van der Waals surface area contributed by atoms with Crippen molar-refractivity contribution in [1.29, 1.82) is 0 Å². The summed E-state index contributed by atoms with van der Waals surface area (Å²) < 4.78 is 16.9. The topological polar surface area (TPSA) is 76.5 Å². The molecule has 0 aliphatic carbocycles. The Morgan fingerprint density at radius 2 is 2.05 bits per heavy atom. The first-order valence-corrected chi connectivity index (χ1v) is 16.1.